The number of aryl methyl sites for hydroxylation is 1. The number of benzene rings is 2. The Labute approximate surface area is 222 Å². The van der Waals surface area contributed by atoms with Crippen molar-refractivity contribution in [2.45, 2.75) is 39.2 Å². The summed E-state index contributed by atoms with van der Waals surface area (Å²) in [4.78, 5) is 13.3. The molecule has 8 nitrogen and oxygen atoms in total. The highest BCUT2D eigenvalue weighted by atomic mass is 19.4. The van der Waals surface area contributed by atoms with Crippen molar-refractivity contribution in [3.8, 4) is 22.8 Å². The van der Waals surface area contributed by atoms with Gasteiger partial charge in [0.2, 0.25) is 5.62 Å². The lowest BCUT2D eigenvalue weighted by Gasteiger charge is -2.12. The number of methoxy groups -OCH3 is 1. The number of nitrogens with one attached hydrogen (secondary N) is 1. The second-order valence-corrected chi connectivity index (χ2v) is 9.65. The van der Waals surface area contributed by atoms with Crippen LogP contribution in [0.5, 0.6) is 0 Å². The van der Waals surface area contributed by atoms with Gasteiger partial charge in [0.1, 0.15) is 18.1 Å². The second-order valence-electron chi connectivity index (χ2n) is 9.65. The molecule has 39 heavy (non-hydrogen) atoms. The van der Waals surface area contributed by atoms with E-state index >= 15 is 0 Å². The molecule has 0 aliphatic rings. The van der Waals surface area contributed by atoms with Crippen molar-refractivity contribution >= 4 is 11.2 Å². The molecule has 11 heteroatoms. The molecule has 0 unspecified atom stereocenters. The predicted octanol–water partition coefficient (Wildman–Crippen LogP) is 5.57. The molecule has 2 aromatic carbocycles. The molecule has 1 N–H and O–H groups in total. The Morgan fingerprint density at radius 1 is 1.03 bits per heavy atom. The molecule has 5 rings (SSSR count). The van der Waals surface area contributed by atoms with Gasteiger partial charge in [-0.2, -0.15) is 13.2 Å². The first-order valence-electron chi connectivity index (χ1n) is 12.4. The van der Waals surface area contributed by atoms with E-state index in [2.05, 4.69) is 29.9 Å². The number of halogens is 3. The molecule has 202 valence electrons. The molecule has 3 aromatic heterocycles. The monoisotopic (exact) mass is 535 g/mol. The van der Waals surface area contributed by atoms with Crippen LogP contribution < -0.4 is 5.62 Å². The Kier molecular flexibility index (Phi) is 6.85. The summed E-state index contributed by atoms with van der Waals surface area (Å²) in [6.07, 6.45) is -1.88. The van der Waals surface area contributed by atoms with Gasteiger partial charge in [-0.1, -0.05) is 62.4 Å². The van der Waals surface area contributed by atoms with E-state index in [1.54, 1.807) is 34.5 Å². The van der Waals surface area contributed by atoms with Gasteiger partial charge < -0.3 is 13.9 Å². The second kappa shape index (κ2) is 10.1. The molecular weight excluding hydrogens is 507 g/mol. The molecule has 0 fully saturated rings. The van der Waals surface area contributed by atoms with E-state index in [0.717, 1.165) is 28.4 Å². The summed E-state index contributed by atoms with van der Waals surface area (Å²) in [5.74, 6) is 1.04. The first-order chi connectivity index (χ1) is 18.6. The first-order valence-corrected chi connectivity index (χ1v) is 12.4. The topological polar surface area (TPSA) is 86.5 Å². The molecule has 0 radical (unpaired) electrons. The van der Waals surface area contributed by atoms with Crippen LogP contribution in [0.4, 0.5) is 13.2 Å². The molecule has 0 spiro atoms. The zero-order valence-corrected chi connectivity index (χ0v) is 22.0. The highest BCUT2D eigenvalue weighted by molar-refractivity contribution is 5.74. The number of fused-ring (bicyclic) bond motifs is 1. The van der Waals surface area contributed by atoms with Crippen LogP contribution in [0.2, 0.25) is 0 Å². The number of alkyl halides is 3. The quantitative estimate of drug-likeness (QED) is 0.295. The number of hydrogen-bond donors (Lipinski definition) is 1. The minimum absolute atomic E-state index is 0.0593. The predicted molar refractivity (Wildman–Crippen MR) is 141 cm³/mol. The lowest BCUT2D eigenvalue weighted by Crippen LogP contribution is -2.23. The number of rotatable bonds is 7. The minimum atomic E-state index is -4.56. The summed E-state index contributed by atoms with van der Waals surface area (Å²) in [6.45, 7) is 4.53. The third kappa shape index (κ3) is 4.97. The van der Waals surface area contributed by atoms with E-state index in [0.29, 0.717) is 29.5 Å². The molecular formula is C28H28F3N7O. The van der Waals surface area contributed by atoms with Crippen LogP contribution in [0.25, 0.3) is 33.9 Å². The van der Waals surface area contributed by atoms with E-state index < -0.39 is 11.9 Å². The van der Waals surface area contributed by atoms with Gasteiger partial charge in [-0.05, 0) is 17.0 Å². The Hall–Kier alpha value is -4.25. The Morgan fingerprint density at radius 3 is 2.41 bits per heavy atom. The van der Waals surface area contributed by atoms with Crippen molar-refractivity contribution in [1.82, 2.24) is 28.7 Å². The zero-order valence-electron chi connectivity index (χ0n) is 22.0. The minimum Gasteiger partial charge on any atom is -0.364 e. The van der Waals surface area contributed by atoms with Crippen molar-refractivity contribution in [3.05, 3.63) is 83.4 Å². The fraction of sp³-hybridized carbons (Fsp3) is 0.286. The van der Waals surface area contributed by atoms with Crippen LogP contribution in [-0.4, -0.2) is 35.8 Å². The summed E-state index contributed by atoms with van der Waals surface area (Å²) < 4.78 is 49.7. The Morgan fingerprint density at radius 2 is 1.74 bits per heavy atom. The van der Waals surface area contributed by atoms with E-state index in [1.165, 1.54) is 11.7 Å². The van der Waals surface area contributed by atoms with Gasteiger partial charge in [-0.25, -0.2) is 15.0 Å². The summed E-state index contributed by atoms with van der Waals surface area (Å²) in [7, 11) is 3.21. The highest BCUT2D eigenvalue weighted by Gasteiger charge is 2.35. The Bertz CT molecular complexity index is 1700. The lowest BCUT2D eigenvalue weighted by atomic mass is 9.97. The van der Waals surface area contributed by atoms with Crippen molar-refractivity contribution < 1.29 is 17.9 Å². The molecule has 5 aromatic rings. The average molecular weight is 536 g/mol. The fourth-order valence-electron chi connectivity index (χ4n) is 4.64. The summed E-state index contributed by atoms with van der Waals surface area (Å²) in [6, 6.07) is 15.1. The van der Waals surface area contributed by atoms with Gasteiger partial charge in [-0.15, -0.1) is 0 Å². The van der Waals surface area contributed by atoms with Gasteiger partial charge in [0.25, 0.3) is 0 Å². The van der Waals surface area contributed by atoms with Crippen molar-refractivity contribution in [1.29, 1.82) is 5.41 Å². The number of ether oxygens (including phenoxy) is 1. The van der Waals surface area contributed by atoms with Crippen molar-refractivity contribution in [2.24, 2.45) is 7.05 Å². The summed E-state index contributed by atoms with van der Waals surface area (Å²) in [5, 5.41) is 8.70. The van der Waals surface area contributed by atoms with Crippen LogP contribution >= 0.6 is 0 Å². The van der Waals surface area contributed by atoms with Crippen molar-refractivity contribution in [3.63, 3.8) is 0 Å². The zero-order chi connectivity index (χ0) is 27.9. The molecule has 0 aliphatic carbocycles. The van der Waals surface area contributed by atoms with Gasteiger partial charge in [0.05, 0.1) is 12.7 Å². The third-order valence-electron chi connectivity index (χ3n) is 6.65. The summed E-state index contributed by atoms with van der Waals surface area (Å²) >= 11 is 0. The van der Waals surface area contributed by atoms with Gasteiger partial charge >= 0.3 is 6.18 Å². The number of aromatic nitrogens is 6. The number of imidazole rings is 2. The normalized spacial score (nSPS) is 12.1. The molecule has 0 aliphatic heterocycles. The van der Waals surface area contributed by atoms with E-state index in [9.17, 15) is 13.2 Å². The SMILES string of the molecule is COCn1cc(C(F)(F)F)nc1-c1ccc(Cn2c(=N)n(C)c3cnc(-c4ccccc4C(C)C)nc32)cc1. The number of hydrogen-bond acceptors (Lipinski definition) is 5. The maximum absolute atomic E-state index is 13.3. The van der Waals surface area contributed by atoms with E-state index in [1.807, 2.05) is 30.3 Å². The van der Waals surface area contributed by atoms with Crippen LogP contribution in [-0.2, 0) is 31.2 Å². The lowest BCUT2D eigenvalue weighted by molar-refractivity contribution is -0.141. The van der Waals surface area contributed by atoms with Crippen LogP contribution in [0.15, 0.2) is 60.9 Å². The van der Waals surface area contributed by atoms with Gasteiger partial charge in [0, 0.05) is 31.5 Å². The highest BCUT2D eigenvalue weighted by Crippen LogP contribution is 2.31. The van der Waals surface area contributed by atoms with Crippen molar-refractivity contribution in [2.75, 3.05) is 7.11 Å². The van der Waals surface area contributed by atoms with Gasteiger partial charge in [-0.3, -0.25) is 9.98 Å². The smallest absolute Gasteiger partial charge is 0.364 e. The van der Waals surface area contributed by atoms with Crippen LogP contribution in [0, 0.1) is 5.41 Å². The number of nitrogens with zero attached hydrogens (tertiary/aromatic N) is 6. The molecule has 0 saturated heterocycles. The first kappa shape index (κ1) is 26.4. The maximum Gasteiger partial charge on any atom is 0.434 e. The van der Waals surface area contributed by atoms with Crippen LogP contribution in [0.1, 0.15) is 36.6 Å². The molecule has 0 bridgehead atoms. The largest absolute Gasteiger partial charge is 0.434 e. The molecule has 0 atom stereocenters. The van der Waals surface area contributed by atoms with Gasteiger partial charge in [0.15, 0.2) is 17.2 Å². The molecule has 0 amide bonds. The standard InChI is InChI=1S/C28H28F3N7O/c1-17(2)20-7-5-6-8-21(20)24-33-13-22-26(35-24)38(27(32)36(22)3)14-18-9-11-19(12-10-18)25-34-23(28(29,30)31)15-37(25)16-39-4/h5-13,15,17,32H,14,16H2,1-4H3. The fourth-order valence-corrected chi connectivity index (χ4v) is 4.64. The van der Waals surface area contributed by atoms with Crippen LogP contribution in [0.3, 0.4) is 0 Å². The summed E-state index contributed by atoms with van der Waals surface area (Å²) in [5.41, 5.74) is 4.10. The Balaban J connectivity index is 1.51. The van der Waals surface area contributed by atoms with E-state index in [4.69, 9.17) is 15.1 Å². The maximum atomic E-state index is 13.3. The molecule has 0 saturated carbocycles. The average Bonchev–Trinajstić information content (AvgIpc) is 3.44. The van der Waals surface area contributed by atoms with E-state index in [-0.39, 0.29) is 18.2 Å². The molecule has 3 heterocycles. The third-order valence-corrected chi connectivity index (χ3v) is 6.65.